The number of nitrogens with zero attached hydrogens (tertiary/aromatic N) is 3. The van der Waals surface area contributed by atoms with Crippen LogP contribution >= 0.6 is 23.6 Å². The number of H-pyrrole nitrogens is 1. The molecule has 2 aromatic carbocycles. The second kappa shape index (κ2) is 11.1. The smallest absolute Gasteiger partial charge is 0.281 e. The molecule has 0 aliphatic heterocycles. The number of nitrogens with one attached hydrogen (secondary N) is 3. The van der Waals surface area contributed by atoms with Crippen LogP contribution in [0.2, 0.25) is 0 Å². The quantitative estimate of drug-likeness (QED) is 0.259. The number of anilines is 1. The summed E-state index contributed by atoms with van der Waals surface area (Å²) in [5.41, 5.74) is 4.36. The van der Waals surface area contributed by atoms with Crippen molar-refractivity contribution >= 4 is 46.3 Å². The van der Waals surface area contributed by atoms with Gasteiger partial charge in [-0.3, -0.25) is 30.3 Å². The van der Waals surface area contributed by atoms with Crippen molar-refractivity contribution in [2.24, 2.45) is 0 Å². The highest BCUT2D eigenvalue weighted by molar-refractivity contribution is 7.73. The second-order valence-corrected chi connectivity index (χ2v) is 8.35. The lowest BCUT2D eigenvalue weighted by molar-refractivity contribution is -0.384. The first-order valence-corrected chi connectivity index (χ1v) is 10.8. The lowest BCUT2D eigenvalue weighted by atomic mass is 10.1. The van der Waals surface area contributed by atoms with Gasteiger partial charge in [-0.25, -0.2) is 10.2 Å². The van der Waals surface area contributed by atoms with Crippen LogP contribution in [-0.4, -0.2) is 38.6 Å². The van der Waals surface area contributed by atoms with Gasteiger partial charge in [0.25, 0.3) is 5.69 Å². The molecular weight excluding hydrogens is 452 g/mol. The molecule has 166 valence electrons. The number of aryl methyl sites for hydroxylation is 1. The van der Waals surface area contributed by atoms with Gasteiger partial charge in [0, 0.05) is 25.1 Å². The predicted octanol–water partition coefficient (Wildman–Crippen LogP) is 3.85. The first-order chi connectivity index (χ1) is 15.4. The summed E-state index contributed by atoms with van der Waals surface area (Å²) in [7, 11) is 0. The molecule has 0 fully saturated rings. The molecule has 3 aromatic rings. The Bertz CT molecular complexity index is 1130. The predicted molar refractivity (Wildman–Crippen MR) is 123 cm³/mol. The van der Waals surface area contributed by atoms with E-state index in [1.807, 2.05) is 30.3 Å². The van der Waals surface area contributed by atoms with E-state index in [4.69, 9.17) is 12.2 Å². The molecule has 0 radical (unpaired) electrons. The number of nitro benzene ring substituents is 1. The van der Waals surface area contributed by atoms with Crippen LogP contribution in [-0.2, 0) is 17.6 Å². The molecule has 0 atom stereocenters. The zero-order valence-electron chi connectivity index (χ0n) is 16.8. The Hall–Kier alpha value is -3.64. The summed E-state index contributed by atoms with van der Waals surface area (Å²) < 4.78 is 0.417. The minimum Gasteiger partial charge on any atom is -0.281 e. The average Bonchev–Trinajstić information content (AvgIpc) is 3.20. The van der Waals surface area contributed by atoms with Crippen LogP contribution < -0.4 is 10.7 Å². The third-order valence-electron chi connectivity index (χ3n) is 4.44. The minimum absolute atomic E-state index is 0.00966. The van der Waals surface area contributed by atoms with Gasteiger partial charge in [-0.05, 0) is 36.2 Å². The summed E-state index contributed by atoms with van der Waals surface area (Å²) >= 11 is 6.04. The highest BCUT2D eigenvalue weighted by Gasteiger charge is 2.17. The van der Waals surface area contributed by atoms with Crippen molar-refractivity contribution in [2.75, 3.05) is 11.9 Å². The lowest BCUT2D eigenvalue weighted by Gasteiger charge is -2.23. The Morgan fingerprint density at radius 1 is 1.09 bits per heavy atom. The lowest BCUT2D eigenvalue weighted by Crippen LogP contribution is -2.48. The maximum Gasteiger partial charge on any atom is 0.339 e. The van der Waals surface area contributed by atoms with Crippen molar-refractivity contribution in [3.05, 3.63) is 79.8 Å². The first-order valence-electron chi connectivity index (χ1n) is 9.61. The molecule has 0 saturated carbocycles. The topological polar surface area (TPSA) is 133 Å². The van der Waals surface area contributed by atoms with Gasteiger partial charge in [0.05, 0.1) is 4.92 Å². The fraction of sp³-hybridized carbons (Fsp3) is 0.200. The summed E-state index contributed by atoms with van der Waals surface area (Å²) in [6.07, 6.45) is 1.04. The summed E-state index contributed by atoms with van der Waals surface area (Å²) in [5, 5.41) is 21.3. The van der Waals surface area contributed by atoms with Gasteiger partial charge in [0.1, 0.15) is 0 Å². The molecule has 0 unspecified atom stereocenters. The van der Waals surface area contributed by atoms with E-state index in [1.54, 1.807) is 12.1 Å². The maximum absolute atomic E-state index is 12.8. The van der Waals surface area contributed by atoms with E-state index in [9.17, 15) is 19.7 Å². The number of hydrogen-bond donors (Lipinski definition) is 3. The second-order valence-electron chi connectivity index (χ2n) is 6.69. The van der Waals surface area contributed by atoms with Crippen LogP contribution in [0.5, 0.6) is 0 Å². The van der Waals surface area contributed by atoms with Gasteiger partial charge < -0.3 is 0 Å². The fourth-order valence-electron chi connectivity index (χ4n) is 2.83. The summed E-state index contributed by atoms with van der Waals surface area (Å²) in [4.78, 5) is 35.5. The summed E-state index contributed by atoms with van der Waals surface area (Å²) in [6.45, 7) is 0.271. The normalized spacial score (nSPS) is 10.4. The molecule has 12 heteroatoms. The molecule has 3 rings (SSSR count). The standard InChI is InChI=1S/C20H20N6O4S2/c27-17(11-8-15-6-9-16(10-7-15)26(29)30)25(13-12-14-4-2-1-3-5-14)24-18(28)21-19-22-23-20(31)32-19/h1-7,9-10H,8,11-13H2,(H,23,31)(H2,21,22,24,28). The highest BCUT2D eigenvalue weighted by atomic mass is 32.1. The molecule has 10 nitrogen and oxygen atoms in total. The Labute approximate surface area is 192 Å². The van der Waals surface area contributed by atoms with Gasteiger partial charge in [0.15, 0.2) is 3.95 Å². The van der Waals surface area contributed by atoms with Crippen molar-refractivity contribution in [3.63, 3.8) is 0 Å². The molecule has 0 bridgehead atoms. The van der Waals surface area contributed by atoms with Crippen molar-refractivity contribution in [1.82, 2.24) is 20.6 Å². The number of carbonyl (C=O) groups excluding carboxylic acids is 2. The van der Waals surface area contributed by atoms with Gasteiger partial charge >= 0.3 is 6.03 Å². The van der Waals surface area contributed by atoms with Gasteiger partial charge in [-0.15, -0.1) is 5.10 Å². The molecule has 0 saturated heterocycles. The Balaban J connectivity index is 1.62. The van der Waals surface area contributed by atoms with Crippen LogP contribution in [0.4, 0.5) is 15.6 Å². The average molecular weight is 473 g/mol. The number of nitro groups is 1. The van der Waals surface area contributed by atoms with E-state index in [1.165, 1.54) is 17.1 Å². The number of hydrazine groups is 1. The number of amides is 3. The number of carbonyl (C=O) groups is 2. The number of rotatable bonds is 8. The largest absolute Gasteiger partial charge is 0.339 e. The highest BCUT2D eigenvalue weighted by Crippen LogP contribution is 2.14. The van der Waals surface area contributed by atoms with Gasteiger partial charge in [0.2, 0.25) is 11.0 Å². The van der Waals surface area contributed by atoms with Crippen LogP contribution in [0.15, 0.2) is 54.6 Å². The van der Waals surface area contributed by atoms with E-state index in [0.717, 1.165) is 22.5 Å². The zero-order chi connectivity index (χ0) is 22.9. The van der Waals surface area contributed by atoms with Gasteiger partial charge in [-0.1, -0.05) is 53.8 Å². The van der Waals surface area contributed by atoms with E-state index in [2.05, 4.69) is 20.9 Å². The van der Waals surface area contributed by atoms with Crippen LogP contribution in [0.25, 0.3) is 0 Å². The van der Waals surface area contributed by atoms with Gasteiger partial charge in [-0.2, -0.15) is 0 Å². The molecule has 1 aromatic heterocycles. The third-order valence-corrected chi connectivity index (χ3v) is 5.44. The Kier molecular flexibility index (Phi) is 8.00. The minimum atomic E-state index is -0.612. The Morgan fingerprint density at radius 2 is 1.78 bits per heavy atom. The number of aromatic nitrogens is 2. The van der Waals surface area contributed by atoms with Crippen molar-refractivity contribution < 1.29 is 14.5 Å². The van der Waals surface area contributed by atoms with E-state index >= 15 is 0 Å². The third kappa shape index (κ3) is 6.96. The van der Waals surface area contributed by atoms with Crippen LogP contribution in [0, 0.1) is 14.1 Å². The number of aromatic amines is 1. The monoisotopic (exact) mass is 472 g/mol. The number of benzene rings is 2. The molecule has 0 spiro atoms. The fourth-order valence-corrected chi connectivity index (χ4v) is 3.61. The molecule has 0 aliphatic rings. The van der Waals surface area contributed by atoms with Crippen molar-refractivity contribution in [1.29, 1.82) is 0 Å². The first kappa shape index (κ1) is 23.0. The maximum atomic E-state index is 12.8. The molecule has 3 N–H and O–H groups in total. The van der Waals surface area contributed by atoms with E-state index in [-0.39, 0.29) is 29.7 Å². The Morgan fingerprint density at radius 3 is 2.41 bits per heavy atom. The molecule has 3 amide bonds. The number of hydrogen-bond acceptors (Lipinski definition) is 7. The summed E-state index contributed by atoms with van der Waals surface area (Å²) in [5.74, 6) is -0.288. The van der Waals surface area contributed by atoms with Crippen molar-refractivity contribution in [3.8, 4) is 0 Å². The SMILES string of the molecule is O=C(Nc1n[nH]c(=S)s1)NN(CCc1ccccc1)C(=O)CCc1ccc([N+](=O)[O-])cc1. The zero-order valence-corrected chi connectivity index (χ0v) is 18.4. The molecule has 32 heavy (non-hydrogen) atoms. The molecular formula is C20H20N6O4S2. The van der Waals surface area contributed by atoms with E-state index < -0.39 is 11.0 Å². The summed E-state index contributed by atoms with van der Waals surface area (Å²) in [6, 6.07) is 15.0. The number of non-ortho nitro benzene ring substituents is 1. The van der Waals surface area contributed by atoms with Crippen molar-refractivity contribution in [2.45, 2.75) is 19.3 Å². The molecule has 1 heterocycles. The van der Waals surface area contributed by atoms with E-state index in [0.29, 0.717) is 16.8 Å². The number of urea groups is 1. The van der Waals surface area contributed by atoms with Crippen LogP contribution in [0.1, 0.15) is 17.5 Å². The molecule has 0 aliphatic carbocycles. The van der Waals surface area contributed by atoms with Crippen LogP contribution in [0.3, 0.4) is 0 Å².